The first-order chi connectivity index (χ1) is 10.9. The second-order valence-electron chi connectivity index (χ2n) is 5.00. The van der Waals surface area contributed by atoms with Gasteiger partial charge in [-0.1, -0.05) is 17.3 Å². The molecule has 0 atom stereocenters. The first-order valence-corrected chi connectivity index (χ1v) is 8.24. The average Bonchev–Trinajstić information content (AvgIpc) is 2.96. The van der Waals surface area contributed by atoms with Crippen LogP contribution >= 0.6 is 0 Å². The molecule has 0 radical (unpaired) electrons. The minimum atomic E-state index is -3.69. The molecule has 1 heterocycles. The van der Waals surface area contributed by atoms with E-state index in [1.807, 2.05) is 0 Å². The Morgan fingerprint density at radius 3 is 2.30 bits per heavy atom. The Labute approximate surface area is 132 Å². The zero-order valence-corrected chi connectivity index (χ0v) is 12.7. The van der Waals surface area contributed by atoms with E-state index >= 15 is 0 Å². The van der Waals surface area contributed by atoms with Gasteiger partial charge in [-0.05, 0) is 42.0 Å². The van der Waals surface area contributed by atoms with E-state index < -0.39 is 10.0 Å². The lowest BCUT2D eigenvalue weighted by Crippen LogP contribution is -2.12. The summed E-state index contributed by atoms with van der Waals surface area (Å²) in [4.78, 5) is 0.0619. The van der Waals surface area contributed by atoms with Crippen molar-refractivity contribution in [1.29, 1.82) is 0 Å². The summed E-state index contributed by atoms with van der Waals surface area (Å²) in [5.41, 5.74) is 2.25. The summed E-state index contributed by atoms with van der Waals surface area (Å²) in [5, 5.41) is 13.1. The van der Waals surface area contributed by atoms with E-state index in [2.05, 4.69) is 10.3 Å². The minimum absolute atomic E-state index is 0.0619. The molecule has 0 aliphatic carbocycles. The Morgan fingerprint density at radius 1 is 1.04 bits per heavy atom. The number of hydrogen-bond acceptors (Lipinski definition) is 4. The molecule has 1 aromatic heterocycles. The number of aromatic nitrogens is 3. The lowest BCUT2D eigenvalue weighted by atomic mass is 10.2. The molecule has 0 spiro atoms. The summed E-state index contributed by atoms with van der Waals surface area (Å²) >= 11 is 0. The maximum Gasteiger partial charge on any atom is 0.238 e. The van der Waals surface area contributed by atoms with Crippen molar-refractivity contribution in [2.24, 2.45) is 5.14 Å². The molecule has 3 aromatic rings. The van der Waals surface area contributed by atoms with Crippen LogP contribution in [-0.4, -0.2) is 23.4 Å². The van der Waals surface area contributed by atoms with Crippen molar-refractivity contribution >= 4 is 10.0 Å². The Morgan fingerprint density at radius 2 is 1.70 bits per heavy atom. The van der Waals surface area contributed by atoms with Crippen LogP contribution in [0.4, 0.5) is 4.39 Å². The van der Waals surface area contributed by atoms with Gasteiger partial charge in [0.15, 0.2) is 0 Å². The third-order valence-electron chi connectivity index (χ3n) is 3.28. The molecule has 2 N–H and O–H groups in total. The fraction of sp³-hybridized carbons (Fsp3) is 0.0667. The van der Waals surface area contributed by atoms with Crippen molar-refractivity contribution in [1.82, 2.24) is 15.0 Å². The van der Waals surface area contributed by atoms with Crippen LogP contribution in [0.1, 0.15) is 5.56 Å². The Hall–Kier alpha value is -2.58. The number of nitrogens with two attached hydrogens (primary N) is 1. The van der Waals surface area contributed by atoms with Gasteiger partial charge in [0.25, 0.3) is 0 Å². The SMILES string of the molecule is NS(=O)(=O)c1ccc(Cn2cc(-c3ccc(F)cc3)nn2)cc1. The van der Waals surface area contributed by atoms with Crippen LogP contribution in [0, 0.1) is 5.82 Å². The molecular weight excluding hydrogens is 319 g/mol. The molecule has 3 rings (SSSR count). The van der Waals surface area contributed by atoms with Crippen molar-refractivity contribution in [3.8, 4) is 11.3 Å². The molecule has 2 aromatic carbocycles. The maximum absolute atomic E-state index is 12.9. The van der Waals surface area contributed by atoms with E-state index in [1.54, 1.807) is 35.1 Å². The van der Waals surface area contributed by atoms with E-state index in [9.17, 15) is 12.8 Å². The van der Waals surface area contributed by atoms with Crippen LogP contribution < -0.4 is 5.14 Å². The van der Waals surface area contributed by atoms with Crippen molar-refractivity contribution in [2.75, 3.05) is 0 Å². The summed E-state index contributed by atoms with van der Waals surface area (Å²) in [6.45, 7) is 0.430. The number of benzene rings is 2. The zero-order valence-electron chi connectivity index (χ0n) is 11.9. The number of primary sulfonamides is 1. The van der Waals surface area contributed by atoms with E-state index in [4.69, 9.17) is 5.14 Å². The quantitative estimate of drug-likeness (QED) is 0.788. The first-order valence-electron chi connectivity index (χ1n) is 6.70. The van der Waals surface area contributed by atoms with E-state index in [-0.39, 0.29) is 10.7 Å². The lowest BCUT2D eigenvalue weighted by molar-refractivity contribution is 0.597. The summed E-state index contributed by atoms with van der Waals surface area (Å²) in [6, 6.07) is 12.2. The van der Waals surface area contributed by atoms with Gasteiger partial charge in [-0.3, -0.25) is 0 Å². The molecule has 0 aliphatic heterocycles. The number of rotatable bonds is 4. The summed E-state index contributed by atoms with van der Waals surface area (Å²) in [7, 11) is -3.69. The highest BCUT2D eigenvalue weighted by Crippen LogP contribution is 2.17. The number of sulfonamides is 1. The lowest BCUT2D eigenvalue weighted by Gasteiger charge is -2.02. The Balaban J connectivity index is 1.78. The molecular formula is C15H13FN4O2S. The molecule has 0 fully saturated rings. The van der Waals surface area contributed by atoms with Crippen molar-refractivity contribution in [3.63, 3.8) is 0 Å². The van der Waals surface area contributed by atoms with Crippen LogP contribution in [-0.2, 0) is 16.6 Å². The van der Waals surface area contributed by atoms with Crippen LogP contribution in [0.3, 0.4) is 0 Å². The fourth-order valence-electron chi connectivity index (χ4n) is 2.10. The average molecular weight is 332 g/mol. The largest absolute Gasteiger partial charge is 0.247 e. The van der Waals surface area contributed by atoms with Gasteiger partial charge in [-0.15, -0.1) is 5.10 Å². The third-order valence-corrected chi connectivity index (χ3v) is 4.20. The molecule has 0 amide bonds. The number of halogens is 1. The predicted molar refractivity (Wildman–Crippen MR) is 82.3 cm³/mol. The standard InChI is InChI=1S/C15H13FN4O2S/c16-13-5-3-12(4-6-13)15-10-20(19-18-15)9-11-1-7-14(8-2-11)23(17,21)22/h1-8,10H,9H2,(H2,17,21,22). The normalized spacial score (nSPS) is 11.6. The van der Waals surface area contributed by atoms with Gasteiger partial charge in [0.05, 0.1) is 17.6 Å². The van der Waals surface area contributed by atoms with Crippen molar-refractivity contribution in [3.05, 3.63) is 66.1 Å². The van der Waals surface area contributed by atoms with Gasteiger partial charge < -0.3 is 0 Å². The highest BCUT2D eigenvalue weighted by atomic mass is 32.2. The molecule has 0 saturated heterocycles. The second-order valence-corrected chi connectivity index (χ2v) is 6.56. The van der Waals surface area contributed by atoms with Crippen molar-refractivity contribution in [2.45, 2.75) is 11.4 Å². The Kier molecular flexibility index (Phi) is 3.93. The van der Waals surface area contributed by atoms with Crippen LogP contribution in [0.25, 0.3) is 11.3 Å². The van der Waals surface area contributed by atoms with Gasteiger partial charge in [0, 0.05) is 5.56 Å². The van der Waals surface area contributed by atoms with Gasteiger partial charge in [-0.2, -0.15) is 0 Å². The van der Waals surface area contributed by atoms with Gasteiger partial charge in [0.2, 0.25) is 10.0 Å². The molecule has 23 heavy (non-hydrogen) atoms. The van der Waals surface area contributed by atoms with Crippen LogP contribution in [0.2, 0.25) is 0 Å². The van der Waals surface area contributed by atoms with E-state index in [0.29, 0.717) is 12.2 Å². The van der Waals surface area contributed by atoms with Crippen molar-refractivity contribution < 1.29 is 12.8 Å². The van der Waals surface area contributed by atoms with Gasteiger partial charge in [-0.25, -0.2) is 22.6 Å². The predicted octanol–water partition coefficient (Wildman–Crippen LogP) is 1.78. The molecule has 0 unspecified atom stereocenters. The first kappa shape index (κ1) is 15.3. The minimum Gasteiger partial charge on any atom is -0.247 e. The summed E-state index contributed by atoms with van der Waals surface area (Å²) < 4.78 is 37.0. The topological polar surface area (TPSA) is 90.9 Å². The second kappa shape index (κ2) is 5.90. The van der Waals surface area contributed by atoms with Crippen LogP contribution in [0.5, 0.6) is 0 Å². The fourth-order valence-corrected chi connectivity index (χ4v) is 2.62. The van der Waals surface area contributed by atoms with E-state index in [0.717, 1.165) is 11.1 Å². The molecule has 8 heteroatoms. The summed E-state index contributed by atoms with van der Waals surface area (Å²) in [5.74, 6) is -0.309. The maximum atomic E-state index is 12.9. The molecule has 6 nitrogen and oxygen atoms in total. The Bertz CT molecular complexity index is 919. The third kappa shape index (κ3) is 3.61. The molecule has 0 bridgehead atoms. The van der Waals surface area contributed by atoms with Gasteiger partial charge >= 0.3 is 0 Å². The summed E-state index contributed by atoms with van der Waals surface area (Å²) in [6.07, 6.45) is 1.74. The molecule has 118 valence electrons. The molecule has 0 aliphatic rings. The molecule has 0 saturated carbocycles. The monoisotopic (exact) mass is 332 g/mol. The zero-order chi connectivity index (χ0) is 16.4. The van der Waals surface area contributed by atoms with E-state index in [1.165, 1.54) is 24.3 Å². The van der Waals surface area contributed by atoms with Crippen LogP contribution in [0.15, 0.2) is 59.6 Å². The highest BCUT2D eigenvalue weighted by molar-refractivity contribution is 7.89. The smallest absolute Gasteiger partial charge is 0.238 e. The highest BCUT2D eigenvalue weighted by Gasteiger charge is 2.08. The number of hydrogen-bond donors (Lipinski definition) is 1. The number of nitrogens with zero attached hydrogens (tertiary/aromatic N) is 3. The van der Waals surface area contributed by atoms with Gasteiger partial charge in [0.1, 0.15) is 11.5 Å².